The molecule has 6 aromatic carbocycles. The SMILES string of the molecule is CC1(C)c2ccccc2-c2cc(Nc3ccc4ccccc4c3-c3cccc4ccccc34)ccc21. The topological polar surface area (TPSA) is 12.0 Å². The van der Waals surface area contributed by atoms with Crippen LogP contribution < -0.4 is 5.32 Å². The van der Waals surface area contributed by atoms with Gasteiger partial charge in [-0.2, -0.15) is 0 Å². The van der Waals surface area contributed by atoms with Crippen LogP contribution in [0.25, 0.3) is 43.8 Å². The zero-order chi connectivity index (χ0) is 24.3. The first kappa shape index (κ1) is 21.0. The summed E-state index contributed by atoms with van der Waals surface area (Å²) in [5.41, 5.74) is 10.2. The first-order chi connectivity index (χ1) is 17.6. The number of hydrogen-bond acceptors (Lipinski definition) is 1. The van der Waals surface area contributed by atoms with Crippen molar-refractivity contribution < 1.29 is 0 Å². The molecule has 0 radical (unpaired) electrons. The fraction of sp³-hybridized carbons (Fsp3) is 0.0857. The first-order valence-corrected chi connectivity index (χ1v) is 12.6. The minimum Gasteiger partial charge on any atom is -0.355 e. The Morgan fingerprint density at radius 2 is 1.14 bits per heavy atom. The third-order valence-corrected chi connectivity index (χ3v) is 7.85. The van der Waals surface area contributed by atoms with Crippen LogP contribution >= 0.6 is 0 Å². The van der Waals surface area contributed by atoms with Gasteiger partial charge in [0.25, 0.3) is 0 Å². The van der Waals surface area contributed by atoms with Gasteiger partial charge in [-0.3, -0.25) is 0 Å². The average molecular weight is 462 g/mol. The summed E-state index contributed by atoms with van der Waals surface area (Å²) in [5, 5.41) is 8.84. The summed E-state index contributed by atoms with van der Waals surface area (Å²) in [5.74, 6) is 0. The van der Waals surface area contributed by atoms with Crippen LogP contribution in [0.15, 0.2) is 121 Å². The van der Waals surface area contributed by atoms with Gasteiger partial charge in [0.05, 0.1) is 0 Å². The number of rotatable bonds is 3. The van der Waals surface area contributed by atoms with Crippen molar-refractivity contribution in [2.24, 2.45) is 0 Å². The normalized spacial score (nSPS) is 13.5. The second-order valence-corrected chi connectivity index (χ2v) is 10.3. The van der Waals surface area contributed by atoms with Crippen molar-refractivity contribution >= 4 is 32.9 Å². The van der Waals surface area contributed by atoms with E-state index in [1.165, 1.54) is 54.9 Å². The van der Waals surface area contributed by atoms with E-state index in [-0.39, 0.29) is 5.41 Å². The molecule has 6 aromatic rings. The van der Waals surface area contributed by atoms with E-state index in [1.807, 2.05) is 0 Å². The van der Waals surface area contributed by atoms with Crippen LogP contribution in [0.3, 0.4) is 0 Å². The number of hydrogen-bond donors (Lipinski definition) is 1. The van der Waals surface area contributed by atoms with Gasteiger partial charge >= 0.3 is 0 Å². The van der Waals surface area contributed by atoms with Gasteiger partial charge in [-0.15, -0.1) is 0 Å². The minimum absolute atomic E-state index is 0.0154. The summed E-state index contributed by atoms with van der Waals surface area (Å²) in [6, 6.07) is 44.1. The van der Waals surface area contributed by atoms with Crippen molar-refractivity contribution in [2.45, 2.75) is 19.3 Å². The van der Waals surface area contributed by atoms with E-state index >= 15 is 0 Å². The quantitative estimate of drug-likeness (QED) is 0.276. The van der Waals surface area contributed by atoms with Gasteiger partial charge < -0.3 is 5.32 Å². The second kappa shape index (κ2) is 7.83. The maximum absolute atomic E-state index is 3.82. The van der Waals surface area contributed by atoms with Crippen molar-refractivity contribution in [3.63, 3.8) is 0 Å². The second-order valence-electron chi connectivity index (χ2n) is 10.3. The van der Waals surface area contributed by atoms with Crippen molar-refractivity contribution in [1.82, 2.24) is 0 Å². The van der Waals surface area contributed by atoms with Crippen molar-refractivity contribution in [3.05, 3.63) is 132 Å². The molecule has 0 saturated carbocycles. The third kappa shape index (κ3) is 3.09. The first-order valence-electron chi connectivity index (χ1n) is 12.6. The Morgan fingerprint density at radius 1 is 0.500 bits per heavy atom. The van der Waals surface area contributed by atoms with Gasteiger partial charge in [0, 0.05) is 22.4 Å². The van der Waals surface area contributed by atoms with Crippen LogP contribution in [0, 0.1) is 0 Å². The number of fused-ring (bicyclic) bond motifs is 5. The van der Waals surface area contributed by atoms with E-state index < -0.39 is 0 Å². The van der Waals surface area contributed by atoms with E-state index in [1.54, 1.807) is 0 Å². The van der Waals surface area contributed by atoms with E-state index in [4.69, 9.17) is 0 Å². The van der Waals surface area contributed by atoms with Crippen LogP contribution in [0.2, 0.25) is 0 Å². The highest BCUT2D eigenvalue weighted by molar-refractivity contribution is 6.10. The predicted octanol–water partition coefficient (Wildman–Crippen LogP) is 9.71. The Labute approximate surface area is 212 Å². The maximum atomic E-state index is 3.82. The Bertz CT molecular complexity index is 1790. The molecule has 0 aromatic heterocycles. The minimum atomic E-state index is 0.0154. The third-order valence-electron chi connectivity index (χ3n) is 7.85. The molecular weight excluding hydrogens is 434 g/mol. The molecule has 0 atom stereocenters. The Hall–Kier alpha value is -4.36. The van der Waals surface area contributed by atoms with Crippen molar-refractivity contribution in [3.8, 4) is 22.3 Å². The highest BCUT2D eigenvalue weighted by Gasteiger charge is 2.35. The molecule has 0 spiro atoms. The number of nitrogens with one attached hydrogen (secondary N) is 1. The largest absolute Gasteiger partial charge is 0.355 e. The number of benzene rings is 6. The molecule has 1 nitrogen and oxygen atoms in total. The zero-order valence-corrected chi connectivity index (χ0v) is 20.5. The fourth-order valence-electron chi connectivity index (χ4n) is 6.06. The van der Waals surface area contributed by atoms with Gasteiger partial charge in [-0.05, 0) is 67.6 Å². The lowest BCUT2D eigenvalue weighted by Gasteiger charge is -2.22. The molecule has 0 unspecified atom stereocenters. The average Bonchev–Trinajstić information content (AvgIpc) is 3.15. The lowest BCUT2D eigenvalue weighted by Crippen LogP contribution is -2.14. The van der Waals surface area contributed by atoms with Crippen LogP contribution in [-0.4, -0.2) is 0 Å². The van der Waals surface area contributed by atoms with Gasteiger partial charge in [-0.25, -0.2) is 0 Å². The highest BCUT2D eigenvalue weighted by atomic mass is 14.9. The monoisotopic (exact) mass is 461 g/mol. The van der Waals surface area contributed by atoms with E-state index in [0.29, 0.717) is 0 Å². The molecule has 172 valence electrons. The standard InChI is InChI=1S/C35H27N/c1-35(2)31-17-8-7-15-28(31)30-22-25(19-20-32(30)35)36-33-21-18-24-11-4-6-14-27(24)34(33)29-16-9-12-23-10-3-5-13-26(23)29/h3-22,36H,1-2H3. The summed E-state index contributed by atoms with van der Waals surface area (Å²) >= 11 is 0. The lowest BCUT2D eigenvalue weighted by atomic mass is 9.82. The molecule has 1 aliphatic carbocycles. The van der Waals surface area contributed by atoms with Crippen LogP contribution in [0.4, 0.5) is 11.4 Å². The Morgan fingerprint density at radius 3 is 2.00 bits per heavy atom. The van der Waals surface area contributed by atoms with E-state index in [0.717, 1.165) is 11.4 Å². The molecule has 0 amide bonds. The molecule has 0 aliphatic heterocycles. The molecule has 0 saturated heterocycles. The van der Waals surface area contributed by atoms with Crippen LogP contribution in [0.1, 0.15) is 25.0 Å². The fourth-order valence-corrected chi connectivity index (χ4v) is 6.06. The molecule has 0 bridgehead atoms. The van der Waals surface area contributed by atoms with Crippen LogP contribution in [0.5, 0.6) is 0 Å². The van der Waals surface area contributed by atoms with Gasteiger partial charge in [-0.1, -0.05) is 117 Å². The van der Waals surface area contributed by atoms with E-state index in [2.05, 4.69) is 140 Å². The summed E-state index contributed by atoms with van der Waals surface area (Å²) in [6.07, 6.45) is 0. The van der Waals surface area contributed by atoms with Crippen molar-refractivity contribution in [1.29, 1.82) is 0 Å². The predicted molar refractivity (Wildman–Crippen MR) is 154 cm³/mol. The molecule has 0 fully saturated rings. The van der Waals surface area contributed by atoms with Gasteiger partial charge in [0.1, 0.15) is 0 Å². The van der Waals surface area contributed by atoms with Gasteiger partial charge in [0.15, 0.2) is 0 Å². The maximum Gasteiger partial charge on any atom is 0.0470 e. The molecule has 1 aliphatic rings. The summed E-state index contributed by atoms with van der Waals surface area (Å²) in [6.45, 7) is 4.65. The Kier molecular flexibility index (Phi) is 4.56. The van der Waals surface area contributed by atoms with Gasteiger partial charge in [0.2, 0.25) is 0 Å². The number of anilines is 2. The molecule has 36 heavy (non-hydrogen) atoms. The molecular formula is C35H27N. The smallest absolute Gasteiger partial charge is 0.0470 e. The Balaban J connectivity index is 1.42. The summed E-state index contributed by atoms with van der Waals surface area (Å²) < 4.78 is 0. The zero-order valence-electron chi connectivity index (χ0n) is 20.5. The molecule has 1 heteroatoms. The summed E-state index contributed by atoms with van der Waals surface area (Å²) in [7, 11) is 0. The highest BCUT2D eigenvalue weighted by Crippen LogP contribution is 2.49. The van der Waals surface area contributed by atoms with Crippen molar-refractivity contribution in [2.75, 3.05) is 5.32 Å². The van der Waals surface area contributed by atoms with E-state index in [9.17, 15) is 0 Å². The molecule has 7 rings (SSSR count). The molecule has 1 N–H and O–H groups in total. The summed E-state index contributed by atoms with van der Waals surface area (Å²) in [4.78, 5) is 0. The molecule has 0 heterocycles. The lowest BCUT2D eigenvalue weighted by molar-refractivity contribution is 0.660. The van der Waals surface area contributed by atoms with Crippen LogP contribution in [-0.2, 0) is 5.41 Å².